The van der Waals surface area contributed by atoms with Gasteiger partial charge >= 0.3 is 0 Å². The summed E-state index contributed by atoms with van der Waals surface area (Å²) in [6, 6.07) is 8.05. The molecule has 22 heavy (non-hydrogen) atoms. The van der Waals surface area contributed by atoms with Gasteiger partial charge in [-0.1, -0.05) is 12.1 Å². The van der Waals surface area contributed by atoms with Crippen LogP contribution in [0.2, 0.25) is 0 Å². The number of para-hydroxylation sites is 1. The van der Waals surface area contributed by atoms with E-state index in [1.807, 2.05) is 32.0 Å². The SMILES string of the molecule is Cc1sc2nc(Cc3nc4ccccc4s3)[nH]c(=O)c2c1C. The maximum absolute atomic E-state index is 12.3. The second-order valence-electron chi connectivity index (χ2n) is 5.23. The highest BCUT2D eigenvalue weighted by Crippen LogP contribution is 2.27. The molecule has 0 spiro atoms. The van der Waals surface area contributed by atoms with E-state index in [0.717, 1.165) is 35.9 Å². The fourth-order valence-electron chi connectivity index (χ4n) is 2.52. The molecule has 0 radical (unpaired) electrons. The van der Waals surface area contributed by atoms with Crippen molar-refractivity contribution in [1.82, 2.24) is 15.0 Å². The summed E-state index contributed by atoms with van der Waals surface area (Å²) in [7, 11) is 0. The quantitative estimate of drug-likeness (QED) is 0.609. The molecular weight excluding hydrogens is 314 g/mol. The molecule has 0 saturated carbocycles. The molecule has 0 bridgehead atoms. The standard InChI is InChI=1S/C16H13N3OS2/c1-8-9(2)21-16-14(8)15(20)18-12(19-16)7-13-17-10-5-3-4-6-11(10)22-13/h3-6H,7H2,1-2H3,(H,18,19,20). The Morgan fingerprint density at radius 1 is 1.14 bits per heavy atom. The Kier molecular flexibility index (Phi) is 3.09. The molecular formula is C16H13N3OS2. The van der Waals surface area contributed by atoms with Crippen LogP contribution in [0.1, 0.15) is 21.3 Å². The van der Waals surface area contributed by atoms with Crippen LogP contribution in [0.4, 0.5) is 0 Å². The fraction of sp³-hybridized carbons (Fsp3) is 0.188. The van der Waals surface area contributed by atoms with E-state index in [4.69, 9.17) is 0 Å². The van der Waals surface area contributed by atoms with E-state index < -0.39 is 0 Å². The van der Waals surface area contributed by atoms with Gasteiger partial charge in [-0.3, -0.25) is 4.79 Å². The van der Waals surface area contributed by atoms with Crippen LogP contribution in [0.5, 0.6) is 0 Å². The molecule has 110 valence electrons. The molecule has 6 heteroatoms. The van der Waals surface area contributed by atoms with Crippen molar-refractivity contribution in [3.8, 4) is 0 Å². The third kappa shape index (κ3) is 2.15. The highest BCUT2D eigenvalue weighted by atomic mass is 32.1. The lowest BCUT2D eigenvalue weighted by Crippen LogP contribution is -2.11. The summed E-state index contributed by atoms with van der Waals surface area (Å²) in [5, 5.41) is 1.68. The van der Waals surface area contributed by atoms with E-state index in [-0.39, 0.29) is 5.56 Å². The number of nitrogens with zero attached hydrogens (tertiary/aromatic N) is 2. The highest BCUT2D eigenvalue weighted by molar-refractivity contribution is 7.19. The topological polar surface area (TPSA) is 58.6 Å². The van der Waals surface area contributed by atoms with Crippen LogP contribution in [0, 0.1) is 13.8 Å². The molecule has 3 aromatic heterocycles. The molecule has 0 amide bonds. The molecule has 1 aromatic carbocycles. The molecule has 3 heterocycles. The molecule has 4 aromatic rings. The van der Waals surface area contributed by atoms with Crippen LogP contribution >= 0.6 is 22.7 Å². The summed E-state index contributed by atoms with van der Waals surface area (Å²) < 4.78 is 1.16. The first kappa shape index (κ1) is 13.6. The highest BCUT2D eigenvalue weighted by Gasteiger charge is 2.13. The molecule has 0 unspecified atom stereocenters. The van der Waals surface area contributed by atoms with Crippen molar-refractivity contribution < 1.29 is 0 Å². The summed E-state index contributed by atoms with van der Waals surface area (Å²) in [5.74, 6) is 0.679. The minimum absolute atomic E-state index is 0.0528. The predicted octanol–water partition coefficient (Wildman–Crippen LogP) is 3.80. The maximum Gasteiger partial charge on any atom is 0.259 e. The molecule has 0 saturated heterocycles. The van der Waals surface area contributed by atoms with Gasteiger partial charge in [0.1, 0.15) is 15.7 Å². The average Bonchev–Trinajstić information content (AvgIpc) is 3.00. The van der Waals surface area contributed by atoms with Gasteiger partial charge in [0.15, 0.2) is 0 Å². The van der Waals surface area contributed by atoms with Crippen molar-refractivity contribution in [2.24, 2.45) is 0 Å². The van der Waals surface area contributed by atoms with Gasteiger partial charge in [-0.25, -0.2) is 9.97 Å². The van der Waals surface area contributed by atoms with Gasteiger partial charge in [0.2, 0.25) is 0 Å². The Morgan fingerprint density at radius 3 is 2.77 bits per heavy atom. The monoisotopic (exact) mass is 327 g/mol. The number of hydrogen-bond acceptors (Lipinski definition) is 5. The average molecular weight is 327 g/mol. The van der Waals surface area contributed by atoms with Crippen LogP contribution in [0.3, 0.4) is 0 Å². The predicted molar refractivity (Wildman–Crippen MR) is 92.1 cm³/mol. The molecule has 4 rings (SSSR count). The third-order valence-corrected chi connectivity index (χ3v) is 5.88. The van der Waals surface area contributed by atoms with Gasteiger partial charge in [-0.2, -0.15) is 0 Å². The van der Waals surface area contributed by atoms with E-state index in [0.29, 0.717) is 12.2 Å². The zero-order valence-electron chi connectivity index (χ0n) is 12.1. The summed E-state index contributed by atoms with van der Waals surface area (Å²) in [6.07, 6.45) is 0.556. The van der Waals surface area contributed by atoms with Crippen molar-refractivity contribution in [3.05, 3.63) is 55.9 Å². The lowest BCUT2D eigenvalue weighted by Gasteiger charge is -1.98. The van der Waals surface area contributed by atoms with Crippen LogP contribution in [0.25, 0.3) is 20.4 Å². The molecule has 0 aliphatic heterocycles. The molecule has 0 aliphatic carbocycles. The van der Waals surface area contributed by atoms with Gasteiger partial charge in [-0.05, 0) is 31.5 Å². The number of H-pyrrole nitrogens is 1. The minimum atomic E-state index is -0.0528. The number of aryl methyl sites for hydroxylation is 2. The third-order valence-electron chi connectivity index (χ3n) is 3.74. The number of hydrogen-bond donors (Lipinski definition) is 1. The number of nitrogens with one attached hydrogen (secondary N) is 1. The van der Waals surface area contributed by atoms with Crippen molar-refractivity contribution in [3.63, 3.8) is 0 Å². The van der Waals surface area contributed by atoms with Crippen molar-refractivity contribution >= 4 is 43.1 Å². The Labute approximate surface area is 134 Å². The van der Waals surface area contributed by atoms with Crippen LogP contribution < -0.4 is 5.56 Å². The smallest absolute Gasteiger partial charge is 0.259 e. The molecule has 4 nitrogen and oxygen atoms in total. The zero-order chi connectivity index (χ0) is 15.3. The number of thiophene rings is 1. The largest absolute Gasteiger partial charge is 0.310 e. The van der Waals surface area contributed by atoms with E-state index in [9.17, 15) is 4.79 Å². The van der Waals surface area contributed by atoms with Crippen molar-refractivity contribution in [1.29, 1.82) is 0 Å². The van der Waals surface area contributed by atoms with Gasteiger partial charge in [0.25, 0.3) is 5.56 Å². The van der Waals surface area contributed by atoms with E-state index >= 15 is 0 Å². The van der Waals surface area contributed by atoms with Crippen LogP contribution in [0.15, 0.2) is 29.1 Å². The summed E-state index contributed by atoms with van der Waals surface area (Å²) in [6.45, 7) is 3.99. The lowest BCUT2D eigenvalue weighted by molar-refractivity contribution is 0.968. The number of rotatable bonds is 2. The van der Waals surface area contributed by atoms with Crippen LogP contribution in [-0.4, -0.2) is 15.0 Å². The Bertz CT molecular complexity index is 1030. The fourth-order valence-corrected chi connectivity index (χ4v) is 4.54. The van der Waals surface area contributed by atoms with E-state index in [1.54, 1.807) is 22.7 Å². The first-order chi connectivity index (χ1) is 10.6. The van der Waals surface area contributed by atoms with Crippen molar-refractivity contribution in [2.45, 2.75) is 20.3 Å². The number of thiazole rings is 1. The summed E-state index contributed by atoms with van der Waals surface area (Å²) >= 11 is 3.22. The van der Waals surface area contributed by atoms with E-state index in [2.05, 4.69) is 21.0 Å². The van der Waals surface area contributed by atoms with Gasteiger partial charge in [0.05, 0.1) is 22.0 Å². The van der Waals surface area contributed by atoms with Gasteiger partial charge < -0.3 is 4.98 Å². The zero-order valence-corrected chi connectivity index (χ0v) is 13.8. The van der Waals surface area contributed by atoms with Crippen molar-refractivity contribution in [2.75, 3.05) is 0 Å². The normalized spacial score (nSPS) is 11.5. The second-order valence-corrected chi connectivity index (χ2v) is 7.55. The van der Waals surface area contributed by atoms with Gasteiger partial charge in [0, 0.05) is 4.88 Å². The van der Waals surface area contributed by atoms with Crippen LogP contribution in [-0.2, 0) is 6.42 Å². The molecule has 1 N–H and O–H groups in total. The van der Waals surface area contributed by atoms with Gasteiger partial charge in [-0.15, -0.1) is 22.7 Å². The maximum atomic E-state index is 12.3. The molecule has 0 atom stereocenters. The number of aromatic nitrogens is 3. The first-order valence-corrected chi connectivity index (χ1v) is 8.58. The number of fused-ring (bicyclic) bond motifs is 2. The Hall–Kier alpha value is -2.05. The van der Waals surface area contributed by atoms with E-state index in [1.165, 1.54) is 0 Å². The number of aromatic amines is 1. The Balaban J connectivity index is 1.79. The summed E-state index contributed by atoms with van der Waals surface area (Å²) in [5.41, 5.74) is 1.97. The Morgan fingerprint density at radius 2 is 1.95 bits per heavy atom. The number of benzene rings is 1. The molecule has 0 fully saturated rings. The minimum Gasteiger partial charge on any atom is -0.310 e. The second kappa shape index (κ2) is 5.00. The summed E-state index contributed by atoms with van der Waals surface area (Å²) in [4.78, 5) is 26.4. The molecule has 0 aliphatic rings. The lowest BCUT2D eigenvalue weighted by atomic mass is 10.2. The first-order valence-electron chi connectivity index (χ1n) is 6.95.